The van der Waals surface area contributed by atoms with Crippen LogP contribution in [0, 0.1) is 11.3 Å². The van der Waals surface area contributed by atoms with E-state index in [2.05, 4.69) is 21.2 Å². The molecule has 106 valence electrons. The highest BCUT2D eigenvalue weighted by atomic mass is 79.9. The van der Waals surface area contributed by atoms with E-state index >= 15 is 0 Å². The first-order valence-corrected chi connectivity index (χ1v) is 7.11. The largest absolute Gasteiger partial charge is 0.480 e. The third kappa shape index (κ3) is 4.07. The third-order valence-corrected chi connectivity index (χ3v) is 3.27. The maximum absolute atomic E-state index is 12.1. The first-order valence-electron chi connectivity index (χ1n) is 6.32. The van der Waals surface area contributed by atoms with Crippen molar-refractivity contribution in [3.63, 3.8) is 0 Å². The fourth-order valence-electron chi connectivity index (χ4n) is 1.70. The van der Waals surface area contributed by atoms with Crippen LogP contribution < -0.4 is 10.1 Å². The van der Waals surface area contributed by atoms with E-state index < -0.39 is 6.10 Å². The summed E-state index contributed by atoms with van der Waals surface area (Å²) in [6.07, 6.45) is -0.710. The minimum absolute atomic E-state index is 0.270. The molecule has 5 heteroatoms. The number of rotatable bonds is 4. The highest BCUT2D eigenvalue weighted by molar-refractivity contribution is 9.10. The first kappa shape index (κ1) is 15.1. The van der Waals surface area contributed by atoms with Crippen LogP contribution >= 0.6 is 15.9 Å². The average molecular weight is 345 g/mol. The second-order valence-electron chi connectivity index (χ2n) is 4.37. The zero-order valence-corrected chi connectivity index (χ0v) is 12.9. The number of amides is 1. The Bertz CT molecular complexity index is 680. The number of halogens is 1. The molecular weight excluding hydrogens is 332 g/mol. The van der Waals surface area contributed by atoms with Gasteiger partial charge in [-0.05, 0) is 37.3 Å². The second kappa shape index (κ2) is 6.91. The molecule has 2 aromatic carbocycles. The summed E-state index contributed by atoms with van der Waals surface area (Å²) in [5.41, 5.74) is 1.08. The number of nitrogens with zero attached hydrogens (tertiary/aromatic N) is 1. The fraction of sp³-hybridized carbons (Fsp3) is 0.125. The summed E-state index contributed by atoms with van der Waals surface area (Å²) in [6, 6.07) is 16.3. The van der Waals surface area contributed by atoms with Gasteiger partial charge >= 0.3 is 0 Å². The molecule has 0 bridgehead atoms. The molecule has 0 aliphatic carbocycles. The van der Waals surface area contributed by atoms with Crippen LogP contribution in [0.1, 0.15) is 12.5 Å². The van der Waals surface area contributed by atoms with Crippen LogP contribution in [0.15, 0.2) is 53.0 Å². The Hall–Kier alpha value is -2.32. The Morgan fingerprint density at radius 1 is 1.29 bits per heavy atom. The highest BCUT2D eigenvalue weighted by Gasteiger charge is 2.16. The monoisotopic (exact) mass is 344 g/mol. The highest BCUT2D eigenvalue weighted by Crippen LogP contribution is 2.23. The third-order valence-electron chi connectivity index (χ3n) is 2.78. The van der Waals surface area contributed by atoms with Gasteiger partial charge in [0.1, 0.15) is 11.8 Å². The molecule has 1 unspecified atom stereocenters. The average Bonchev–Trinajstić information content (AvgIpc) is 2.49. The van der Waals surface area contributed by atoms with Crippen molar-refractivity contribution in [2.75, 3.05) is 5.32 Å². The van der Waals surface area contributed by atoms with E-state index in [1.165, 1.54) is 0 Å². The maximum atomic E-state index is 12.1. The van der Waals surface area contributed by atoms with E-state index in [9.17, 15) is 4.79 Å². The molecule has 0 aliphatic heterocycles. The molecule has 0 saturated carbocycles. The lowest BCUT2D eigenvalue weighted by Crippen LogP contribution is -2.30. The Labute approximate surface area is 131 Å². The van der Waals surface area contributed by atoms with Crippen molar-refractivity contribution in [3.8, 4) is 11.8 Å². The molecular formula is C16H13BrN2O2. The van der Waals surface area contributed by atoms with Crippen molar-refractivity contribution in [1.29, 1.82) is 5.26 Å². The Kier molecular flexibility index (Phi) is 4.96. The van der Waals surface area contributed by atoms with Gasteiger partial charge < -0.3 is 10.1 Å². The summed E-state index contributed by atoms with van der Waals surface area (Å²) in [4.78, 5) is 12.1. The van der Waals surface area contributed by atoms with Gasteiger partial charge in [-0.25, -0.2) is 0 Å². The van der Waals surface area contributed by atoms with Gasteiger partial charge in [-0.3, -0.25) is 4.79 Å². The second-order valence-corrected chi connectivity index (χ2v) is 5.28. The Morgan fingerprint density at radius 3 is 2.67 bits per heavy atom. The van der Waals surface area contributed by atoms with Crippen molar-refractivity contribution in [1.82, 2.24) is 0 Å². The van der Waals surface area contributed by atoms with E-state index in [0.717, 1.165) is 4.47 Å². The molecule has 0 saturated heterocycles. The lowest BCUT2D eigenvalue weighted by molar-refractivity contribution is -0.122. The van der Waals surface area contributed by atoms with Crippen LogP contribution in [0.25, 0.3) is 0 Å². The number of benzene rings is 2. The lowest BCUT2D eigenvalue weighted by atomic mass is 10.2. The molecule has 2 aromatic rings. The van der Waals surface area contributed by atoms with E-state index in [-0.39, 0.29) is 5.91 Å². The van der Waals surface area contributed by atoms with E-state index in [1.807, 2.05) is 24.3 Å². The molecule has 0 fully saturated rings. The zero-order chi connectivity index (χ0) is 15.2. The standard InChI is InChI=1S/C16H13BrN2O2/c1-11(16(20)19-14-5-3-2-4-6-14)21-15-8-7-13(17)9-12(15)10-18/h2-9,11H,1H3,(H,19,20). The number of anilines is 1. The molecule has 2 rings (SSSR count). The molecule has 0 spiro atoms. The number of nitriles is 1. The van der Waals surface area contributed by atoms with Crippen LogP contribution in [-0.2, 0) is 4.79 Å². The SMILES string of the molecule is CC(Oc1ccc(Br)cc1C#N)C(=O)Nc1ccccc1. The fourth-order valence-corrected chi connectivity index (χ4v) is 2.06. The molecule has 1 atom stereocenters. The van der Waals surface area contributed by atoms with Gasteiger partial charge in [0.2, 0.25) is 0 Å². The Balaban J connectivity index is 2.06. The number of hydrogen-bond acceptors (Lipinski definition) is 3. The number of para-hydroxylation sites is 1. The predicted octanol–water partition coefficient (Wildman–Crippen LogP) is 3.73. The lowest BCUT2D eigenvalue weighted by Gasteiger charge is -2.15. The molecule has 0 aliphatic rings. The van der Waals surface area contributed by atoms with Crippen LogP contribution in [0.5, 0.6) is 5.75 Å². The van der Waals surface area contributed by atoms with Crippen LogP contribution in [0.3, 0.4) is 0 Å². The van der Waals surface area contributed by atoms with Gasteiger partial charge in [-0.2, -0.15) is 5.26 Å². The van der Waals surface area contributed by atoms with Crippen LogP contribution in [0.2, 0.25) is 0 Å². The molecule has 0 heterocycles. The minimum atomic E-state index is -0.710. The topological polar surface area (TPSA) is 62.1 Å². The predicted molar refractivity (Wildman–Crippen MR) is 84.0 cm³/mol. The summed E-state index contributed by atoms with van der Waals surface area (Å²) in [5, 5.41) is 11.8. The van der Waals surface area contributed by atoms with Gasteiger partial charge in [0.25, 0.3) is 5.91 Å². The van der Waals surface area contributed by atoms with Gasteiger partial charge in [-0.1, -0.05) is 34.1 Å². The summed E-state index contributed by atoms with van der Waals surface area (Å²) < 4.78 is 6.35. The Morgan fingerprint density at radius 2 is 2.00 bits per heavy atom. The quantitative estimate of drug-likeness (QED) is 0.919. The van der Waals surface area contributed by atoms with Crippen molar-refractivity contribution in [2.24, 2.45) is 0 Å². The summed E-state index contributed by atoms with van der Waals surface area (Å²) >= 11 is 3.29. The zero-order valence-electron chi connectivity index (χ0n) is 11.3. The minimum Gasteiger partial charge on any atom is -0.480 e. The first-order chi connectivity index (χ1) is 10.1. The molecule has 0 aromatic heterocycles. The van der Waals surface area contributed by atoms with Crippen molar-refractivity contribution >= 4 is 27.5 Å². The summed E-state index contributed by atoms with van der Waals surface area (Å²) in [5.74, 6) is 0.115. The van der Waals surface area contributed by atoms with Crippen LogP contribution in [-0.4, -0.2) is 12.0 Å². The summed E-state index contributed by atoms with van der Waals surface area (Å²) in [7, 11) is 0. The van der Waals surface area contributed by atoms with E-state index in [1.54, 1.807) is 37.3 Å². The van der Waals surface area contributed by atoms with Crippen molar-refractivity contribution < 1.29 is 9.53 Å². The molecule has 4 nitrogen and oxygen atoms in total. The molecule has 1 N–H and O–H groups in total. The maximum Gasteiger partial charge on any atom is 0.265 e. The number of ether oxygens (including phenoxy) is 1. The van der Waals surface area contributed by atoms with E-state index in [4.69, 9.17) is 10.00 Å². The van der Waals surface area contributed by atoms with Crippen molar-refractivity contribution in [2.45, 2.75) is 13.0 Å². The molecule has 1 amide bonds. The van der Waals surface area contributed by atoms with Crippen LogP contribution in [0.4, 0.5) is 5.69 Å². The van der Waals surface area contributed by atoms with Gasteiger partial charge in [0.15, 0.2) is 6.10 Å². The number of carbonyl (C=O) groups is 1. The van der Waals surface area contributed by atoms with Gasteiger partial charge in [-0.15, -0.1) is 0 Å². The number of carbonyl (C=O) groups excluding carboxylic acids is 1. The molecule has 21 heavy (non-hydrogen) atoms. The molecule has 0 radical (unpaired) electrons. The normalized spacial score (nSPS) is 11.3. The smallest absolute Gasteiger partial charge is 0.265 e. The van der Waals surface area contributed by atoms with Crippen molar-refractivity contribution in [3.05, 3.63) is 58.6 Å². The number of nitrogens with one attached hydrogen (secondary N) is 1. The number of hydrogen-bond donors (Lipinski definition) is 1. The van der Waals surface area contributed by atoms with Gasteiger partial charge in [0, 0.05) is 10.2 Å². The van der Waals surface area contributed by atoms with E-state index in [0.29, 0.717) is 17.0 Å². The summed E-state index contributed by atoms with van der Waals surface area (Å²) in [6.45, 7) is 1.64. The van der Waals surface area contributed by atoms with Gasteiger partial charge in [0.05, 0.1) is 5.56 Å².